The summed E-state index contributed by atoms with van der Waals surface area (Å²) in [6.45, 7) is 1.95. The highest BCUT2D eigenvalue weighted by atomic mass is 35.5. The fourth-order valence-electron chi connectivity index (χ4n) is 1.97. The molecule has 0 aliphatic carbocycles. The fraction of sp³-hybridized carbons (Fsp3) is 0.200. The second-order valence-corrected chi connectivity index (χ2v) is 5.47. The van der Waals surface area contributed by atoms with Crippen molar-refractivity contribution >= 4 is 29.7 Å². The second-order valence-electron chi connectivity index (χ2n) is 4.62. The molecule has 20 heavy (non-hydrogen) atoms. The van der Waals surface area contributed by atoms with Gasteiger partial charge < -0.3 is 10.3 Å². The number of aromatic amines is 1. The number of carbonyl (C=O) groups is 1. The number of carbonyl (C=O) groups excluding carboxylic acids is 1. The van der Waals surface area contributed by atoms with Crippen LogP contribution in [0.4, 0.5) is 0 Å². The molecule has 1 aromatic carbocycles. The first-order valence-electron chi connectivity index (χ1n) is 6.29. The lowest BCUT2D eigenvalue weighted by Crippen LogP contribution is -2.34. The van der Waals surface area contributed by atoms with Crippen molar-refractivity contribution in [3.63, 3.8) is 0 Å². The van der Waals surface area contributed by atoms with E-state index in [0.717, 1.165) is 12.0 Å². The van der Waals surface area contributed by atoms with Crippen molar-refractivity contribution in [1.82, 2.24) is 10.3 Å². The molecular formula is C15H15ClN2OS. The number of rotatable bonds is 4. The molecule has 0 aliphatic heterocycles. The molecule has 104 valence electrons. The summed E-state index contributed by atoms with van der Waals surface area (Å²) in [5.41, 5.74) is 1.57. The maximum absolute atomic E-state index is 12.1. The highest BCUT2D eigenvalue weighted by molar-refractivity contribution is 7.71. The van der Waals surface area contributed by atoms with E-state index in [0.29, 0.717) is 15.2 Å². The number of pyridine rings is 1. The van der Waals surface area contributed by atoms with E-state index < -0.39 is 0 Å². The normalized spacial score (nSPS) is 11.9. The van der Waals surface area contributed by atoms with Gasteiger partial charge in [-0.1, -0.05) is 36.0 Å². The zero-order chi connectivity index (χ0) is 14.5. The number of aromatic nitrogens is 1. The van der Waals surface area contributed by atoms with E-state index >= 15 is 0 Å². The highest BCUT2D eigenvalue weighted by Crippen LogP contribution is 2.12. The first kappa shape index (κ1) is 14.8. The molecule has 0 fully saturated rings. The first-order chi connectivity index (χ1) is 9.56. The van der Waals surface area contributed by atoms with Crippen molar-refractivity contribution in [3.05, 3.63) is 63.4 Å². The van der Waals surface area contributed by atoms with Gasteiger partial charge in [0.1, 0.15) is 4.64 Å². The second kappa shape index (κ2) is 6.68. The summed E-state index contributed by atoms with van der Waals surface area (Å²) in [6, 6.07) is 11.1. The van der Waals surface area contributed by atoms with Gasteiger partial charge in [0.25, 0.3) is 5.91 Å². The van der Waals surface area contributed by atoms with Crippen LogP contribution in [0, 0.1) is 4.64 Å². The van der Waals surface area contributed by atoms with E-state index in [-0.39, 0.29) is 11.9 Å². The number of halogens is 1. The molecule has 0 saturated carbocycles. The van der Waals surface area contributed by atoms with E-state index in [1.54, 1.807) is 18.3 Å². The Morgan fingerprint density at radius 3 is 2.90 bits per heavy atom. The van der Waals surface area contributed by atoms with Crippen LogP contribution in [-0.4, -0.2) is 16.9 Å². The minimum Gasteiger partial charge on any atom is -0.352 e. The molecule has 1 amide bonds. The van der Waals surface area contributed by atoms with Crippen LogP contribution in [0.1, 0.15) is 22.8 Å². The molecule has 2 N–H and O–H groups in total. The van der Waals surface area contributed by atoms with E-state index in [2.05, 4.69) is 10.3 Å². The van der Waals surface area contributed by atoms with Gasteiger partial charge in [-0.05, 0) is 43.2 Å². The number of hydrogen-bond acceptors (Lipinski definition) is 2. The maximum Gasteiger partial charge on any atom is 0.254 e. The molecule has 0 bridgehead atoms. The number of nitrogens with one attached hydrogen (secondary N) is 2. The Morgan fingerprint density at radius 1 is 1.40 bits per heavy atom. The van der Waals surface area contributed by atoms with Crippen LogP contribution in [0.3, 0.4) is 0 Å². The molecule has 0 radical (unpaired) electrons. The Labute approximate surface area is 128 Å². The smallest absolute Gasteiger partial charge is 0.254 e. The molecule has 0 spiro atoms. The predicted octanol–water partition coefficient (Wildman–Crippen LogP) is 3.76. The zero-order valence-corrected chi connectivity index (χ0v) is 12.6. The van der Waals surface area contributed by atoms with Gasteiger partial charge in [-0.25, -0.2) is 0 Å². The molecule has 0 unspecified atom stereocenters. The van der Waals surface area contributed by atoms with Crippen LogP contribution in [0.5, 0.6) is 0 Å². The lowest BCUT2D eigenvalue weighted by atomic mass is 10.1. The molecule has 0 saturated heterocycles. The summed E-state index contributed by atoms with van der Waals surface area (Å²) in [4.78, 5) is 15.0. The fourth-order valence-corrected chi connectivity index (χ4v) is 2.41. The largest absolute Gasteiger partial charge is 0.352 e. The van der Waals surface area contributed by atoms with E-state index in [1.165, 1.54) is 0 Å². The van der Waals surface area contributed by atoms with Crippen LogP contribution in [0.15, 0.2) is 42.6 Å². The summed E-state index contributed by atoms with van der Waals surface area (Å²) >= 11 is 11.0. The number of amides is 1. The Kier molecular flexibility index (Phi) is 4.93. The van der Waals surface area contributed by atoms with Crippen molar-refractivity contribution in [2.24, 2.45) is 0 Å². The molecule has 5 heteroatoms. The third kappa shape index (κ3) is 3.92. The summed E-state index contributed by atoms with van der Waals surface area (Å²) in [5.74, 6) is -0.165. The first-order valence-corrected chi connectivity index (χ1v) is 7.08. The molecule has 1 atom stereocenters. The van der Waals surface area contributed by atoms with Gasteiger partial charge >= 0.3 is 0 Å². The summed E-state index contributed by atoms with van der Waals surface area (Å²) < 4.78 is 0.444. The van der Waals surface area contributed by atoms with Crippen LogP contribution in [-0.2, 0) is 6.42 Å². The number of hydrogen-bond donors (Lipinski definition) is 2. The minimum absolute atomic E-state index is 0.00410. The Balaban J connectivity index is 2.01. The highest BCUT2D eigenvalue weighted by Gasteiger charge is 2.11. The number of H-pyrrole nitrogens is 1. The van der Waals surface area contributed by atoms with Crippen molar-refractivity contribution in [2.75, 3.05) is 0 Å². The summed E-state index contributed by atoms with van der Waals surface area (Å²) in [7, 11) is 0. The van der Waals surface area contributed by atoms with Gasteiger partial charge in [0, 0.05) is 17.3 Å². The van der Waals surface area contributed by atoms with Crippen LogP contribution in [0.25, 0.3) is 0 Å². The Morgan fingerprint density at radius 2 is 2.20 bits per heavy atom. The standard InChI is InChI=1S/C15H15ClN2OS/c1-10(8-11-4-2-5-12(16)9-11)18-14(19)13-6-3-7-17-15(13)20/h2-7,9-10H,8H2,1H3,(H,17,20)(H,18,19)/t10-/m1/s1. The third-order valence-electron chi connectivity index (χ3n) is 2.87. The van der Waals surface area contributed by atoms with Gasteiger partial charge in [-0.2, -0.15) is 0 Å². The average Bonchev–Trinajstić information content (AvgIpc) is 2.38. The van der Waals surface area contributed by atoms with E-state index in [9.17, 15) is 4.79 Å². The molecule has 2 rings (SSSR count). The lowest BCUT2D eigenvalue weighted by Gasteiger charge is -2.14. The monoisotopic (exact) mass is 306 g/mol. The molecule has 1 heterocycles. The van der Waals surface area contributed by atoms with Crippen molar-refractivity contribution in [2.45, 2.75) is 19.4 Å². The Hall–Kier alpha value is -1.65. The van der Waals surface area contributed by atoms with E-state index in [1.807, 2.05) is 31.2 Å². The topological polar surface area (TPSA) is 44.9 Å². The molecule has 1 aromatic heterocycles. The minimum atomic E-state index is -0.165. The zero-order valence-electron chi connectivity index (χ0n) is 11.0. The average molecular weight is 307 g/mol. The van der Waals surface area contributed by atoms with Gasteiger partial charge in [0.15, 0.2) is 0 Å². The Bertz CT molecular complexity index is 669. The lowest BCUT2D eigenvalue weighted by molar-refractivity contribution is 0.0939. The van der Waals surface area contributed by atoms with Gasteiger partial charge in [0.2, 0.25) is 0 Å². The van der Waals surface area contributed by atoms with Gasteiger partial charge in [-0.3, -0.25) is 4.79 Å². The van der Waals surface area contributed by atoms with Crippen LogP contribution < -0.4 is 5.32 Å². The molecule has 2 aromatic rings. The molecule has 0 aliphatic rings. The van der Waals surface area contributed by atoms with Crippen molar-refractivity contribution in [1.29, 1.82) is 0 Å². The summed E-state index contributed by atoms with van der Waals surface area (Å²) in [6.07, 6.45) is 2.42. The van der Waals surface area contributed by atoms with Crippen molar-refractivity contribution in [3.8, 4) is 0 Å². The van der Waals surface area contributed by atoms with Gasteiger partial charge in [-0.15, -0.1) is 0 Å². The summed E-state index contributed by atoms with van der Waals surface area (Å²) in [5, 5.41) is 3.64. The molecular weight excluding hydrogens is 292 g/mol. The SMILES string of the molecule is C[C@H](Cc1cccc(Cl)c1)NC(=O)c1ccc[nH]c1=S. The quantitative estimate of drug-likeness (QED) is 0.845. The molecule has 3 nitrogen and oxygen atoms in total. The predicted molar refractivity (Wildman–Crippen MR) is 83.7 cm³/mol. The number of benzene rings is 1. The van der Waals surface area contributed by atoms with Crippen LogP contribution >= 0.6 is 23.8 Å². The third-order valence-corrected chi connectivity index (χ3v) is 3.44. The van der Waals surface area contributed by atoms with Crippen LogP contribution in [0.2, 0.25) is 5.02 Å². The van der Waals surface area contributed by atoms with E-state index in [4.69, 9.17) is 23.8 Å². The maximum atomic E-state index is 12.1. The van der Waals surface area contributed by atoms with Gasteiger partial charge in [0.05, 0.1) is 5.56 Å². The van der Waals surface area contributed by atoms with Crippen molar-refractivity contribution < 1.29 is 4.79 Å².